The fourth-order valence-electron chi connectivity index (χ4n) is 1.61. The Kier molecular flexibility index (Phi) is 4.45. The van der Waals surface area contributed by atoms with Gasteiger partial charge in [-0.15, -0.1) is 6.58 Å². The van der Waals surface area contributed by atoms with E-state index in [4.69, 9.17) is 9.84 Å². The maximum absolute atomic E-state index is 11.7. The first-order chi connectivity index (χ1) is 7.47. The number of aliphatic carboxylic acids is 1. The number of morpholine rings is 1. The van der Waals surface area contributed by atoms with Crippen LogP contribution in [0.4, 0.5) is 0 Å². The summed E-state index contributed by atoms with van der Waals surface area (Å²) in [6.07, 6.45) is 1.27. The lowest BCUT2D eigenvalue weighted by Gasteiger charge is -2.31. The third kappa shape index (κ3) is 3.29. The molecule has 0 bridgehead atoms. The first kappa shape index (κ1) is 13.1. The van der Waals surface area contributed by atoms with Gasteiger partial charge in [-0.25, -0.2) is 8.42 Å². The highest BCUT2D eigenvalue weighted by Gasteiger charge is 2.31. The number of rotatable bonds is 5. The van der Waals surface area contributed by atoms with Crippen LogP contribution in [0.15, 0.2) is 12.7 Å². The number of hydrogen-bond acceptors (Lipinski definition) is 5. The van der Waals surface area contributed by atoms with E-state index >= 15 is 0 Å². The van der Waals surface area contributed by atoms with E-state index in [-0.39, 0.29) is 0 Å². The van der Waals surface area contributed by atoms with E-state index in [0.717, 1.165) is 0 Å². The standard InChI is InChI=1S/C9H15NO5S/c1-2-8(10-3-5-15-6-4-10)16(13,14)7-9(11)12/h2,8H,1,3-7H2,(H,11,12). The highest BCUT2D eigenvalue weighted by Crippen LogP contribution is 2.12. The van der Waals surface area contributed by atoms with Gasteiger partial charge in [0.2, 0.25) is 0 Å². The molecular formula is C9H15NO5S. The molecule has 1 fully saturated rings. The van der Waals surface area contributed by atoms with Gasteiger partial charge in [-0.3, -0.25) is 9.69 Å². The van der Waals surface area contributed by atoms with Crippen LogP contribution < -0.4 is 0 Å². The van der Waals surface area contributed by atoms with Gasteiger partial charge in [0.25, 0.3) is 0 Å². The highest BCUT2D eigenvalue weighted by atomic mass is 32.2. The number of sulfone groups is 1. The van der Waals surface area contributed by atoms with Gasteiger partial charge in [-0.1, -0.05) is 6.08 Å². The molecule has 0 saturated carbocycles. The van der Waals surface area contributed by atoms with Crippen LogP contribution in [0, 0.1) is 0 Å². The molecule has 1 aliphatic heterocycles. The van der Waals surface area contributed by atoms with Gasteiger partial charge < -0.3 is 9.84 Å². The summed E-state index contributed by atoms with van der Waals surface area (Å²) in [5.74, 6) is -2.22. The minimum Gasteiger partial charge on any atom is -0.480 e. The van der Waals surface area contributed by atoms with Crippen molar-refractivity contribution in [2.24, 2.45) is 0 Å². The van der Waals surface area contributed by atoms with Crippen molar-refractivity contribution in [2.75, 3.05) is 32.1 Å². The van der Waals surface area contributed by atoms with E-state index in [0.29, 0.717) is 26.3 Å². The molecule has 7 heteroatoms. The second-order valence-corrected chi connectivity index (χ2v) is 5.57. The molecular weight excluding hydrogens is 234 g/mol. The van der Waals surface area contributed by atoms with Crippen LogP contribution in [0.1, 0.15) is 0 Å². The van der Waals surface area contributed by atoms with Crippen LogP contribution >= 0.6 is 0 Å². The molecule has 0 aromatic heterocycles. The van der Waals surface area contributed by atoms with Crippen molar-refractivity contribution in [1.82, 2.24) is 4.90 Å². The predicted octanol–water partition coefficient (Wildman–Crippen LogP) is -0.670. The normalized spacial score (nSPS) is 20.2. The van der Waals surface area contributed by atoms with E-state index in [2.05, 4.69) is 6.58 Å². The van der Waals surface area contributed by atoms with Gasteiger partial charge in [0.15, 0.2) is 9.84 Å². The molecule has 16 heavy (non-hydrogen) atoms. The summed E-state index contributed by atoms with van der Waals surface area (Å²) in [6.45, 7) is 5.29. The second kappa shape index (κ2) is 5.42. The van der Waals surface area contributed by atoms with Gasteiger partial charge >= 0.3 is 5.97 Å². The van der Waals surface area contributed by atoms with Crippen molar-refractivity contribution >= 4 is 15.8 Å². The Morgan fingerprint density at radius 3 is 2.50 bits per heavy atom. The maximum Gasteiger partial charge on any atom is 0.318 e. The number of carboxylic acid groups (broad SMARTS) is 1. The number of carboxylic acids is 1. The summed E-state index contributed by atoms with van der Waals surface area (Å²) in [4.78, 5) is 12.1. The largest absolute Gasteiger partial charge is 0.480 e. The summed E-state index contributed by atoms with van der Waals surface area (Å²) in [5.41, 5.74) is 0. The average Bonchev–Trinajstić information content (AvgIpc) is 2.17. The van der Waals surface area contributed by atoms with Gasteiger partial charge in [0.05, 0.1) is 13.2 Å². The van der Waals surface area contributed by atoms with Gasteiger partial charge in [-0.2, -0.15) is 0 Å². The molecule has 0 radical (unpaired) electrons. The lowest BCUT2D eigenvalue weighted by molar-refractivity contribution is -0.134. The molecule has 1 unspecified atom stereocenters. The van der Waals surface area contributed by atoms with E-state index in [1.807, 2.05) is 0 Å². The third-order valence-electron chi connectivity index (χ3n) is 2.30. The summed E-state index contributed by atoms with van der Waals surface area (Å²) >= 11 is 0. The summed E-state index contributed by atoms with van der Waals surface area (Å²) in [5, 5.41) is 7.60. The fraction of sp³-hybridized carbons (Fsp3) is 0.667. The van der Waals surface area contributed by atoms with Gasteiger partial charge in [0.1, 0.15) is 11.1 Å². The van der Waals surface area contributed by atoms with E-state index in [1.54, 1.807) is 4.90 Å². The zero-order chi connectivity index (χ0) is 12.2. The average molecular weight is 249 g/mol. The van der Waals surface area contributed by atoms with E-state index < -0.39 is 26.9 Å². The molecule has 0 amide bonds. The number of hydrogen-bond donors (Lipinski definition) is 1. The lowest BCUT2D eigenvalue weighted by atomic mass is 10.4. The monoisotopic (exact) mass is 249 g/mol. The smallest absolute Gasteiger partial charge is 0.318 e. The summed E-state index contributed by atoms with van der Waals surface area (Å²) in [6, 6.07) is 0. The fourth-order valence-corrected chi connectivity index (χ4v) is 3.09. The van der Waals surface area contributed by atoms with Crippen LogP contribution in [0.5, 0.6) is 0 Å². The molecule has 1 heterocycles. The minimum absolute atomic E-state index is 0.451. The first-order valence-corrected chi connectivity index (χ1v) is 6.56. The topological polar surface area (TPSA) is 83.9 Å². The molecule has 1 rings (SSSR count). The van der Waals surface area contributed by atoms with E-state index in [9.17, 15) is 13.2 Å². The Morgan fingerprint density at radius 1 is 1.50 bits per heavy atom. The van der Waals surface area contributed by atoms with Crippen molar-refractivity contribution < 1.29 is 23.1 Å². The zero-order valence-electron chi connectivity index (χ0n) is 8.83. The molecule has 6 nitrogen and oxygen atoms in total. The second-order valence-electron chi connectivity index (χ2n) is 3.48. The van der Waals surface area contributed by atoms with Crippen molar-refractivity contribution in [3.8, 4) is 0 Å². The van der Waals surface area contributed by atoms with Crippen molar-refractivity contribution in [2.45, 2.75) is 5.37 Å². The van der Waals surface area contributed by atoms with E-state index in [1.165, 1.54) is 6.08 Å². The number of nitrogens with zero attached hydrogens (tertiary/aromatic N) is 1. The first-order valence-electron chi connectivity index (χ1n) is 4.85. The van der Waals surface area contributed by atoms with Crippen molar-refractivity contribution in [3.63, 3.8) is 0 Å². The molecule has 0 aromatic rings. The zero-order valence-corrected chi connectivity index (χ0v) is 9.65. The Labute approximate surface area is 94.4 Å². The van der Waals surface area contributed by atoms with Crippen LogP contribution in [-0.4, -0.2) is 61.8 Å². The molecule has 0 aliphatic carbocycles. The third-order valence-corrected chi connectivity index (χ3v) is 4.18. The molecule has 0 spiro atoms. The van der Waals surface area contributed by atoms with Gasteiger partial charge in [-0.05, 0) is 0 Å². The Bertz CT molecular complexity index is 358. The summed E-state index contributed by atoms with van der Waals surface area (Å²) in [7, 11) is -3.72. The minimum atomic E-state index is -3.72. The number of ether oxygens (including phenoxy) is 1. The molecule has 1 aliphatic rings. The quantitative estimate of drug-likeness (QED) is 0.651. The molecule has 0 aromatic carbocycles. The maximum atomic E-state index is 11.7. The van der Waals surface area contributed by atoms with Crippen LogP contribution in [0.3, 0.4) is 0 Å². The SMILES string of the molecule is C=CC(N1CCOCC1)S(=O)(=O)CC(=O)O. The Balaban J connectivity index is 2.79. The van der Waals surface area contributed by atoms with Gasteiger partial charge in [0, 0.05) is 13.1 Å². The predicted molar refractivity (Wildman–Crippen MR) is 57.8 cm³/mol. The Morgan fingerprint density at radius 2 is 2.06 bits per heavy atom. The summed E-state index contributed by atoms with van der Waals surface area (Å²) < 4.78 is 28.6. The Hall–Kier alpha value is -0.920. The van der Waals surface area contributed by atoms with Crippen LogP contribution in [0.25, 0.3) is 0 Å². The molecule has 1 saturated heterocycles. The lowest BCUT2D eigenvalue weighted by Crippen LogP contribution is -2.47. The molecule has 1 N–H and O–H groups in total. The van der Waals surface area contributed by atoms with Crippen molar-refractivity contribution in [3.05, 3.63) is 12.7 Å². The number of carbonyl (C=O) groups is 1. The van der Waals surface area contributed by atoms with Crippen LogP contribution in [0.2, 0.25) is 0 Å². The molecule has 92 valence electrons. The molecule has 1 atom stereocenters. The highest BCUT2D eigenvalue weighted by molar-refractivity contribution is 7.92. The van der Waals surface area contributed by atoms with Crippen LogP contribution in [-0.2, 0) is 19.4 Å². The van der Waals surface area contributed by atoms with Crippen molar-refractivity contribution in [1.29, 1.82) is 0 Å².